The third kappa shape index (κ3) is 5.30. The first-order valence-corrected chi connectivity index (χ1v) is 13.3. The average molecular weight is 514 g/mol. The van der Waals surface area contributed by atoms with E-state index in [-0.39, 0.29) is 36.6 Å². The van der Waals surface area contributed by atoms with Crippen LogP contribution in [0.25, 0.3) is 11.1 Å². The van der Waals surface area contributed by atoms with Crippen LogP contribution in [0.1, 0.15) is 29.7 Å². The molecule has 1 aliphatic rings. The predicted octanol–water partition coefficient (Wildman–Crippen LogP) is 3.90. The summed E-state index contributed by atoms with van der Waals surface area (Å²) in [5, 5.41) is 3.97. The van der Waals surface area contributed by atoms with Crippen molar-refractivity contribution in [2.24, 2.45) is 0 Å². The van der Waals surface area contributed by atoms with Gasteiger partial charge in [0.15, 0.2) is 0 Å². The highest BCUT2D eigenvalue weighted by Crippen LogP contribution is 2.36. The molecule has 9 nitrogen and oxygen atoms in total. The van der Waals surface area contributed by atoms with Crippen LogP contribution < -0.4 is 4.31 Å². The van der Waals surface area contributed by atoms with Crippen LogP contribution in [-0.2, 0) is 30.8 Å². The maximum Gasteiger partial charge on any atom is 0.269 e. The van der Waals surface area contributed by atoms with Crippen LogP contribution in [0, 0.1) is 13.8 Å². The summed E-state index contributed by atoms with van der Waals surface area (Å²) in [6, 6.07) is 14.7. The Morgan fingerprint density at radius 1 is 1.08 bits per heavy atom. The van der Waals surface area contributed by atoms with Gasteiger partial charge in [0.05, 0.1) is 18.9 Å². The predicted molar refractivity (Wildman–Crippen MR) is 135 cm³/mol. The van der Waals surface area contributed by atoms with Gasteiger partial charge in [-0.1, -0.05) is 53.7 Å². The molecule has 0 atom stereocenters. The second-order valence-corrected chi connectivity index (χ2v) is 10.5. The molecule has 1 aromatic heterocycles. The number of likely N-dealkylation sites (tertiary alicyclic amines) is 1. The summed E-state index contributed by atoms with van der Waals surface area (Å²) in [5.74, 6) is 0.112. The third-order valence-corrected chi connectivity index (χ3v) is 8.11. The van der Waals surface area contributed by atoms with Crippen LogP contribution >= 0.6 is 0 Å². The third-order valence-electron chi connectivity index (χ3n) is 6.26. The fourth-order valence-electron chi connectivity index (χ4n) is 4.21. The maximum atomic E-state index is 14.5. The van der Waals surface area contributed by atoms with Crippen molar-refractivity contribution in [2.45, 2.75) is 38.1 Å². The summed E-state index contributed by atoms with van der Waals surface area (Å²) in [7, 11) is -2.68. The molecule has 4 rings (SSSR count). The Morgan fingerprint density at radius 2 is 1.86 bits per heavy atom. The van der Waals surface area contributed by atoms with Gasteiger partial charge in [0, 0.05) is 37.7 Å². The minimum atomic E-state index is -4.22. The Balaban J connectivity index is 1.86. The molecular weight excluding hydrogens is 482 g/mol. The summed E-state index contributed by atoms with van der Waals surface area (Å²) in [6.07, 6.45) is 1.23. The number of nitrogens with zero attached hydrogens (tertiary/aromatic N) is 3. The van der Waals surface area contributed by atoms with E-state index in [0.717, 1.165) is 16.3 Å². The lowest BCUT2D eigenvalue weighted by Gasteiger charge is -2.26. The summed E-state index contributed by atoms with van der Waals surface area (Å²) in [6.45, 7) is 4.52. The highest BCUT2D eigenvalue weighted by atomic mass is 32.2. The fraction of sp³-hybridized carbons (Fsp3) is 0.385. The van der Waals surface area contributed by atoms with Gasteiger partial charge < -0.3 is 18.9 Å². The van der Waals surface area contributed by atoms with Crippen molar-refractivity contribution in [3.8, 4) is 11.1 Å². The SMILES string of the molecule is COCCOCN(c1onc(C)c1C)S(=O)(=O)c1c(CN2CCCC2=O)cccc1-c1ccccc1. The van der Waals surface area contributed by atoms with E-state index in [1.807, 2.05) is 36.4 Å². The maximum absolute atomic E-state index is 14.5. The first kappa shape index (κ1) is 25.9. The molecule has 0 spiro atoms. The number of sulfonamides is 1. The van der Waals surface area contributed by atoms with E-state index in [9.17, 15) is 13.2 Å². The summed E-state index contributed by atoms with van der Waals surface area (Å²) in [4.78, 5) is 14.2. The van der Waals surface area contributed by atoms with Gasteiger partial charge in [0.25, 0.3) is 10.0 Å². The van der Waals surface area contributed by atoms with Gasteiger partial charge in [-0.3, -0.25) is 4.79 Å². The first-order chi connectivity index (χ1) is 17.3. The molecule has 10 heteroatoms. The molecule has 0 unspecified atom stereocenters. The Labute approximate surface area is 211 Å². The number of aromatic nitrogens is 1. The summed E-state index contributed by atoms with van der Waals surface area (Å²) < 4.78 is 46.2. The minimum absolute atomic E-state index is 0.0184. The number of ether oxygens (including phenoxy) is 2. The molecule has 36 heavy (non-hydrogen) atoms. The van der Waals surface area contributed by atoms with Crippen LogP contribution in [-0.4, -0.2) is 58.0 Å². The Morgan fingerprint density at radius 3 is 2.50 bits per heavy atom. The number of amides is 1. The molecule has 1 fully saturated rings. The zero-order chi connectivity index (χ0) is 25.7. The van der Waals surface area contributed by atoms with E-state index < -0.39 is 10.0 Å². The summed E-state index contributed by atoms with van der Waals surface area (Å²) in [5.41, 5.74) is 3.00. The molecular formula is C26H31N3O6S. The Bertz CT molecular complexity index is 1310. The zero-order valence-electron chi connectivity index (χ0n) is 20.8. The number of rotatable bonds is 11. The number of aryl methyl sites for hydroxylation is 1. The molecule has 0 bridgehead atoms. The quantitative estimate of drug-likeness (QED) is 0.283. The topological polar surface area (TPSA) is 102 Å². The molecule has 0 radical (unpaired) electrons. The second-order valence-electron chi connectivity index (χ2n) is 8.66. The fourth-order valence-corrected chi connectivity index (χ4v) is 5.96. The Hall–Kier alpha value is -3.21. The van der Waals surface area contributed by atoms with Crippen molar-refractivity contribution in [1.29, 1.82) is 0 Å². The second kappa shape index (κ2) is 11.2. The molecule has 1 amide bonds. The number of hydrogen-bond acceptors (Lipinski definition) is 7. The number of hydrogen-bond donors (Lipinski definition) is 0. The summed E-state index contributed by atoms with van der Waals surface area (Å²) >= 11 is 0. The van der Waals surface area contributed by atoms with Crippen molar-refractivity contribution in [3.63, 3.8) is 0 Å². The van der Waals surface area contributed by atoms with Crippen molar-refractivity contribution in [1.82, 2.24) is 10.1 Å². The molecule has 3 aromatic rings. The van der Waals surface area contributed by atoms with Gasteiger partial charge in [0.1, 0.15) is 11.6 Å². The lowest BCUT2D eigenvalue weighted by atomic mass is 10.0. The van der Waals surface area contributed by atoms with Crippen LogP contribution in [0.4, 0.5) is 5.88 Å². The lowest BCUT2D eigenvalue weighted by molar-refractivity contribution is -0.128. The molecule has 0 N–H and O–H groups in total. The van der Waals surface area contributed by atoms with Crippen molar-refractivity contribution in [2.75, 3.05) is 37.9 Å². The van der Waals surface area contributed by atoms with Gasteiger partial charge in [-0.2, -0.15) is 0 Å². The molecule has 0 saturated carbocycles. The first-order valence-electron chi connectivity index (χ1n) is 11.8. The highest BCUT2D eigenvalue weighted by molar-refractivity contribution is 7.93. The van der Waals surface area contributed by atoms with Gasteiger partial charge >= 0.3 is 0 Å². The van der Waals surface area contributed by atoms with E-state index in [1.54, 1.807) is 38.0 Å². The van der Waals surface area contributed by atoms with Crippen LogP contribution in [0.3, 0.4) is 0 Å². The standard InChI is InChI=1S/C26H31N3O6S/c1-19-20(2)27-35-26(19)29(18-34-16-15-33-3)36(31,32)25-22(17-28-14-8-13-24(28)30)11-7-12-23(25)21-9-5-4-6-10-21/h4-7,9-12H,8,13-18H2,1-3H3. The molecule has 0 aliphatic carbocycles. The molecule has 2 aromatic carbocycles. The normalized spacial score (nSPS) is 14.0. The minimum Gasteiger partial charge on any atom is -0.382 e. The molecule has 2 heterocycles. The monoisotopic (exact) mass is 513 g/mol. The van der Waals surface area contributed by atoms with Crippen LogP contribution in [0.2, 0.25) is 0 Å². The van der Waals surface area contributed by atoms with Gasteiger partial charge in [-0.15, -0.1) is 0 Å². The number of methoxy groups -OCH3 is 1. The van der Waals surface area contributed by atoms with Gasteiger partial charge in [-0.05, 0) is 31.4 Å². The van der Waals surface area contributed by atoms with Crippen LogP contribution in [0.15, 0.2) is 57.9 Å². The van der Waals surface area contributed by atoms with Gasteiger partial charge in [0.2, 0.25) is 11.8 Å². The molecule has 1 saturated heterocycles. The zero-order valence-corrected chi connectivity index (χ0v) is 21.6. The van der Waals surface area contributed by atoms with Crippen molar-refractivity contribution < 1.29 is 27.2 Å². The molecule has 192 valence electrons. The number of carbonyl (C=O) groups excluding carboxylic acids is 1. The molecule has 1 aliphatic heterocycles. The van der Waals surface area contributed by atoms with E-state index in [4.69, 9.17) is 14.0 Å². The van der Waals surface area contributed by atoms with Crippen molar-refractivity contribution >= 4 is 21.8 Å². The number of anilines is 1. The van der Waals surface area contributed by atoms with Crippen LogP contribution in [0.5, 0.6) is 0 Å². The number of carbonyl (C=O) groups is 1. The number of benzene rings is 2. The van der Waals surface area contributed by atoms with E-state index in [1.165, 1.54) is 0 Å². The lowest BCUT2D eigenvalue weighted by Crippen LogP contribution is -2.35. The van der Waals surface area contributed by atoms with E-state index >= 15 is 0 Å². The Kier molecular flexibility index (Phi) is 8.07. The largest absolute Gasteiger partial charge is 0.382 e. The van der Waals surface area contributed by atoms with Crippen molar-refractivity contribution in [3.05, 3.63) is 65.4 Å². The van der Waals surface area contributed by atoms with E-state index in [2.05, 4.69) is 5.16 Å². The van der Waals surface area contributed by atoms with E-state index in [0.29, 0.717) is 42.0 Å². The highest BCUT2D eigenvalue weighted by Gasteiger charge is 2.35. The average Bonchev–Trinajstić information content (AvgIpc) is 3.43. The van der Waals surface area contributed by atoms with Gasteiger partial charge in [-0.25, -0.2) is 12.7 Å². The smallest absolute Gasteiger partial charge is 0.269 e.